The lowest BCUT2D eigenvalue weighted by Crippen LogP contribution is -2.41. The first kappa shape index (κ1) is 20.3. The summed E-state index contributed by atoms with van der Waals surface area (Å²) in [6.07, 6.45) is 1.73. The van der Waals surface area contributed by atoms with Crippen molar-refractivity contribution in [1.29, 1.82) is 0 Å². The number of alkyl carbamates (subject to hydrolysis) is 1. The first-order valence-electron chi connectivity index (χ1n) is 8.04. The lowest BCUT2D eigenvalue weighted by molar-refractivity contribution is -0.122. The number of likely N-dealkylation sites (N-methyl/N-ethyl adjacent to an activating group) is 2. The van der Waals surface area contributed by atoms with Gasteiger partial charge in [-0.15, -0.1) is 0 Å². The van der Waals surface area contributed by atoms with Crippen LogP contribution in [0.3, 0.4) is 0 Å². The summed E-state index contributed by atoms with van der Waals surface area (Å²) in [6.45, 7) is 0.570. The van der Waals surface area contributed by atoms with E-state index >= 15 is 0 Å². The van der Waals surface area contributed by atoms with Crippen molar-refractivity contribution in [2.45, 2.75) is 31.9 Å². The zero-order valence-corrected chi connectivity index (χ0v) is 14.5. The molecule has 0 fully saturated rings. The second-order valence-corrected chi connectivity index (χ2v) is 5.31. The highest BCUT2D eigenvalue weighted by atomic mass is 16.5. The van der Waals surface area contributed by atoms with Gasteiger partial charge in [-0.05, 0) is 43.5 Å². The molecule has 2 amide bonds. The number of ether oxygens (including phenoxy) is 1. The second-order valence-electron chi connectivity index (χ2n) is 5.31. The Kier molecular flexibility index (Phi) is 9.50. The molecular weight excluding hydrogens is 324 g/mol. The summed E-state index contributed by atoms with van der Waals surface area (Å²) in [7, 11) is 3.35. The van der Waals surface area contributed by atoms with Gasteiger partial charge in [-0.2, -0.15) is 0 Å². The molecule has 0 aliphatic carbocycles. The van der Waals surface area contributed by atoms with Gasteiger partial charge < -0.3 is 20.7 Å². The Hall–Kier alpha value is -2.77. The molecule has 1 rings (SSSR count). The molecule has 3 N–H and O–H groups in total. The van der Waals surface area contributed by atoms with E-state index in [2.05, 4.69) is 26.0 Å². The van der Waals surface area contributed by atoms with Gasteiger partial charge in [0.1, 0.15) is 6.61 Å². The van der Waals surface area contributed by atoms with Gasteiger partial charge in [-0.3, -0.25) is 4.79 Å². The van der Waals surface area contributed by atoms with Crippen molar-refractivity contribution in [3.05, 3.63) is 40.3 Å². The van der Waals surface area contributed by atoms with Crippen molar-refractivity contribution < 1.29 is 14.3 Å². The lowest BCUT2D eigenvalue weighted by Gasteiger charge is -2.14. The van der Waals surface area contributed by atoms with Crippen LogP contribution in [0.5, 0.6) is 0 Å². The normalized spacial score (nSPS) is 11.1. The van der Waals surface area contributed by atoms with Crippen molar-refractivity contribution in [2.75, 3.05) is 20.6 Å². The topological polar surface area (TPSA) is 128 Å². The van der Waals surface area contributed by atoms with Crippen LogP contribution in [0.2, 0.25) is 0 Å². The molecule has 0 radical (unpaired) electrons. The summed E-state index contributed by atoms with van der Waals surface area (Å²) >= 11 is 0. The Labute approximate surface area is 146 Å². The lowest BCUT2D eigenvalue weighted by atomic mass is 10.1. The Morgan fingerprint density at radius 1 is 1.32 bits per heavy atom. The fourth-order valence-electron chi connectivity index (χ4n) is 2.20. The van der Waals surface area contributed by atoms with Gasteiger partial charge in [0.15, 0.2) is 0 Å². The number of benzene rings is 1. The number of amides is 2. The molecule has 1 atom stereocenters. The van der Waals surface area contributed by atoms with E-state index in [4.69, 9.17) is 10.3 Å². The molecule has 0 aliphatic rings. The summed E-state index contributed by atoms with van der Waals surface area (Å²) in [5, 5.41) is 11.7. The molecule has 0 heterocycles. The van der Waals surface area contributed by atoms with Crippen LogP contribution in [0.1, 0.15) is 24.8 Å². The number of nitrogens with one attached hydrogen (secondary N) is 3. The summed E-state index contributed by atoms with van der Waals surface area (Å²) in [4.78, 5) is 25.9. The third kappa shape index (κ3) is 8.05. The Balaban J connectivity index is 2.22. The predicted octanol–water partition coefficient (Wildman–Crippen LogP) is 2.36. The summed E-state index contributed by atoms with van der Waals surface area (Å²) in [5.74, 6) is -0.0437. The maximum absolute atomic E-state index is 11.6. The second kappa shape index (κ2) is 11.7. The average molecular weight is 348 g/mol. The van der Waals surface area contributed by atoms with Crippen molar-refractivity contribution in [3.8, 4) is 0 Å². The molecule has 1 aromatic rings. The van der Waals surface area contributed by atoms with Crippen molar-refractivity contribution >= 4 is 17.7 Å². The molecule has 0 saturated carbocycles. The van der Waals surface area contributed by atoms with Crippen LogP contribution in [0, 0.1) is 0 Å². The minimum absolute atomic E-state index is 0.0437. The van der Waals surface area contributed by atoms with E-state index in [1.165, 1.54) is 0 Å². The van der Waals surface area contributed by atoms with Crippen LogP contribution in [-0.4, -0.2) is 38.7 Å². The maximum Gasteiger partial charge on any atom is 0.407 e. The smallest absolute Gasteiger partial charge is 0.407 e. The van der Waals surface area contributed by atoms with E-state index in [-0.39, 0.29) is 18.6 Å². The largest absolute Gasteiger partial charge is 0.445 e. The van der Waals surface area contributed by atoms with E-state index in [0.29, 0.717) is 18.7 Å². The minimum Gasteiger partial charge on any atom is -0.445 e. The van der Waals surface area contributed by atoms with E-state index in [0.717, 1.165) is 18.4 Å². The monoisotopic (exact) mass is 348 g/mol. The maximum atomic E-state index is 11.6. The zero-order valence-electron chi connectivity index (χ0n) is 14.5. The number of hydrogen-bond donors (Lipinski definition) is 3. The van der Waals surface area contributed by atoms with Crippen LogP contribution >= 0.6 is 0 Å². The van der Waals surface area contributed by atoms with Gasteiger partial charge >= 0.3 is 6.09 Å². The standard InChI is InChI=1S/C16H24N6O3/c1-18-14(15(23)19-2)8-3-4-9-20-16(24)25-11-12-6-5-7-13(10-12)21-22-17/h5-7,10,14,18H,3-4,8-9,11H2,1-2H3,(H,19,23)(H,20,24)/t14-/m0/s1. The van der Waals surface area contributed by atoms with E-state index in [9.17, 15) is 9.59 Å². The highest BCUT2D eigenvalue weighted by molar-refractivity contribution is 5.81. The van der Waals surface area contributed by atoms with Gasteiger partial charge in [-0.25, -0.2) is 4.79 Å². The highest BCUT2D eigenvalue weighted by Gasteiger charge is 2.13. The van der Waals surface area contributed by atoms with Crippen LogP contribution in [0.4, 0.5) is 10.5 Å². The molecule has 9 heteroatoms. The number of carbonyl (C=O) groups is 2. The molecule has 0 spiro atoms. The molecule has 0 saturated heterocycles. The fraction of sp³-hybridized carbons (Fsp3) is 0.500. The van der Waals surface area contributed by atoms with Gasteiger partial charge in [-0.1, -0.05) is 23.3 Å². The molecule has 25 heavy (non-hydrogen) atoms. The molecule has 0 aliphatic heterocycles. The van der Waals surface area contributed by atoms with E-state index in [1.54, 1.807) is 38.4 Å². The SMILES string of the molecule is CNC(=O)[C@H](CCCCNC(=O)OCc1cccc(N=[N+]=[N-])c1)NC. The third-order valence-corrected chi connectivity index (χ3v) is 3.54. The van der Waals surface area contributed by atoms with Crippen molar-refractivity contribution in [2.24, 2.45) is 5.11 Å². The summed E-state index contributed by atoms with van der Waals surface area (Å²) < 4.78 is 5.10. The van der Waals surface area contributed by atoms with E-state index in [1.807, 2.05) is 0 Å². The van der Waals surface area contributed by atoms with Gasteiger partial charge in [0.05, 0.1) is 6.04 Å². The van der Waals surface area contributed by atoms with Gasteiger partial charge in [0.2, 0.25) is 5.91 Å². The minimum atomic E-state index is -0.509. The number of rotatable bonds is 10. The van der Waals surface area contributed by atoms with Crippen LogP contribution in [-0.2, 0) is 16.1 Å². The predicted molar refractivity (Wildman–Crippen MR) is 94.2 cm³/mol. The molecule has 0 bridgehead atoms. The third-order valence-electron chi connectivity index (χ3n) is 3.54. The van der Waals surface area contributed by atoms with Crippen LogP contribution in [0.25, 0.3) is 10.4 Å². The highest BCUT2D eigenvalue weighted by Crippen LogP contribution is 2.14. The number of hydrogen-bond acceptors (Lipinski definition) is 5. The zero-order chi connectivity index (χ0) is 18.5. The van der Waals surface area contributed by atoms with Gasteiger partial charge in [0, 0.05) is 24.2 Å². The quantitative estimate of drug-likeness (QED) is 0.259. The number of unbranched alkanes of at least 4 members (excludes halogenated alkanes) is 1. The number of carbonyl (C=O) groups excluding carboxylic acids is 2. The summed E-state index contributed by atoms with van der Waals surface area (Å²) in [6, 6.07) is 6.61. The van der Waals surface area contributed by atoms with E-state index < -0.39 is 6.09 Å². The fourth-order valence-corrected chi connectivity index (χ4v) is 2.20. The van der Waals surface area contributed by atoms with Crippen LogP contribution < -0.4 is 16.0 Å². The number of azide groups is 1. The molecule has 0 aromatic heterocycles. The summed E-state index contributed by atoms with van der Waals surface area (Å²) in [5.41, 5.74) is 9.61. The van der Waals surface area contributed by atoms with Crippen molar-refractivity contribution in [1.82, 2.24) is 16.0 Å². The van der Waals surface area contributed by atoms with Crippen LogP contribution in [0.15, 0.2) is 29.4 Å². The first-order chi connectivity index (χ1) is 12.1. The molecule has 136 valence electrons. The Morgan fingerprint density at radius 2 is 2.12 bits per heavy atom. The molecular formula is C16H24N6O3. The first-order valence-corrected chi connectivity index (χ1v) is 8.04. The average Bonchev–Trinajstić information content (AvgIpc) is 2.63. The molecule has 0 unspecified atom stereocenters. The van der Waals surface area contributed by atoms with Gasteiger partial charge in [0.25, 0.3) is 0 Å². The van der Waals surface area contributed by atoms with Crippen molar-refractivity contribution in [3.63, 3.8) is 0 Å². The Morgan fingerprint density at radius 3 is 2.80 bits per heavy atom. The molecule has 9 nitrogen and oxygen atoms in total. The Bertz CT molecular complexity index is 616. The number of nitrogens with zero attached hydrogens (tertiary/aromatic N) is 3. The molecule has 1 aromatic carbocycles.